The number of aryl methyl sites for hydroxylation is 1. The zero-order chi connectivity index (χ0) is 22.4. The molecule has 3 rings (SSSR count). The molecule has 164 valence electrons. The maximum absolute atomic E-state index is 12.3. The number of benzene rings is 2. The summed E-state index contributed by atoms with van der Waals surface area (Å²) in [6.07, 6.45) is 0. The highest BCUT2D eigenvalue weighted by atomic mass is 32.2. The van der Waals surface area contributed by atoms with Gasteiger partial charge in [0.2, 0.25) is 21.1 Å². The summed E-state index contributed by atoms with van der Waals surface area (Å²) in [6.45, 7) is 1.69. The highest BCUT2D eigenvalue weighted by Gasteiger charge is 2.16. The van der Waals surface area contributed by atoms with Gasteiger partial charge in [0, 0.05) is 11.4 Å². The van der Waals surface area contributed by atoms with Crippen LogP contribution in [0.15, 0.2) is 51.7 Å². The Morgan fingerprint density at radius 3 is 2.52 bits per heavy atom. The van der Waals surface area contributed by atoms with Crippen molar-refractivity contribution >= 4 is 55.5 Å². The fourth-order valence-electron chi connectivity index (χ4n) is 2.52. The Labute approximate surface area is 188 Å². The lowest BCUT2D eigenvalue weighted by Crippen LogP contribution is -2.20. The zero-order valence-electron chi connectivity index (χ0n) is 17.0. The topological polar surface area (TPSA) is 122 Å². The predicted octanol–water partition coefficient (Wildman–Crippen LogP) is 3.24. The van der Waals surface area contributed by atoms with E-state index in [0.717, 1.165) is 11.4 Å². The van der Waals surface area contributed by atoms with Crippen LogP contribution in [0.25, 0.3) is 0 Å². The lowest BCUT2D eigenvalue weighted by atomic mass is 10.2. The number of aromatic nitrogens is 2. The number of carbonyl (C=O) groups excluding carboxylic acids is 1. The van der Waals surface area contributed by atoms with E-state index in [9.17, 15) is 13.2 Å². The van der Waals surface area contributed by atoms with E-state index >= 15 is 0 Å². The predicted molar refractivity (Wildman–Crippen MR) is 123 cm³/mol. The monoisotopic (exact) mass is 479 g/mol. The van der Waals surface area contributed by atoms with Crippen LogP contribution < -0.4 is 20.1 Å². The molecule has 0 radical (unpaired) electrons. The van der Waals surface area contributed by atoms with Crippen molar-refractivity contribution in [2.24, 2.45) is 0 Å². The lowest BCUT2D eigenvalue weighted by Gasteiger charge is -2.10. The fourth-order valence-corrected chi connectivity index (χ4v) is 5.08. The molecular weight excluding hydrogens is 458 g/mol. The van der Waals surface area contributed by atoms with E-state index in [2.05, 4.69) is 25.6 Å². The molecule has 1 amide bonds. The van der Waals surface area contributed by atoms with Gasteiger partial charge in [-0.25, -0.2) is 13.1 Å². The third-order valence-corrected chi connectivity index (χ3v) is 7.63. The molecule has 3 aromatic rings. The van der Waals surface area contributed by atoms with Gasteiger partial charge in [0.15, 0.2) is 4.34 Å². The molecule has 12 heteroatoms. The average molecular weight is 480 g/mol. The van der Waals surface area contributed by atoms with E-state index in [1.165, 1.54) is 36.2 Å². The van der Waals surface area contributed by atoms with Gasteiger partial charge < -0.3 is 15.4 Å². The van der Waals surface area contributed by atoms with E-state index in [1.807, 2.05) is 24.3 Å². The van der Waals surface area contributed by atoms with Crippen molar-refractivity contribution in [3.8, 4) is 5.75 Å². The van der Waals surface area contributed by atoms with Gasteiger partial charge in [0.1, 0.15) is 5.75 Å². The van der Waals surface area contributed by atoms with Gasteiger partial charge in [-0.1, -0.05) is 29.2 Å². The van der Waals surface area contributed by atoms with Crippen molar-refractivity contribution in [3.05, 3.63) is 48.0 Å². The number of rotatable bonds is 9. The molecule has 0 saturated carbocycles. The standard InChI is InChI=1S/C19H21N5O4S3/c1-12-4-5-14(10-16(12)31(26,27)20-2)21-17(25)11-29-19-24-23-18(30-19)22-13-6-8-15(28-3)9-7-13/h4-10,20H,11H2,1-3H3,(H,21,25)(H,22,23). The Hall–Kier alpha value is -2.67. The molecular formula is C19H21N5O4S3. The van der Waals surface area contributed by atoms with Crippen LogP contribution in [0.4, 0.5) is 16.5 Å². The van der Waals surface area contributed by atoms with E-state index in [4.69, 9.17) is 4.74 Å². The first kappa shape index (κ1) is 23.0. The molecule has 0 unspecified atom stereocenters. The zero-order valence-corrected chi connectivity index (χ0v) is 19.5. The Morgan fingerprint density at radius 2 is 1.84 bits per heavy atom. The SMILES string of the molecule is CNS(=O)(=O)c1cc(NC(=O)CSc2nnc(Nc3ccc(OC)cc3)s2)ccc1C. The molecule has 0 bridgehead atoms. The molecule has 0 fully saturated rings. The molecule has 0 saturated heterocycles. The van der Waals surface area contributed by atoms with Gasteiger partial charge in [-0.05, 0) is 55.9 Å². The number of methoxy groups -OCH3 is 1. The number of thioether (sulfide) groups is 1. The Balaban J connectivity index is 1.56. The largest absolute Gasteiger partial charge is 0.497 e. The van der Waals surface area contributed by atoms with Crippen LogP contribution in [0.2, 0.25) is 0 Å². The molecule has 1 heterocycles. The summed E-state index contributed by atoms with van der Waals surface area (Å²) in [7, 11) is -0.657. The van der Waals surface area contributed by atoms with E-state index in [0.29, 0.717) is 20.7 Å². The number of ether oxygens (including phenoxy) is 1. The van der Waals surface area contributed by atoms with Crippen LogP contribution in [0.5, 0.6) is 5.75 Å². The molecule has 31 heavy (non-hydrogen) atoms. The summed E-state index contributed by atoms with van der Waals surface area (Å²) in [5.74, 6) is 0.593. The molecule has 1 aromatic heterocycles. The summed E-state index contributed by atoms with van der Waals surface area (Å²) in [6, 6.07) is 12.1. The van der Waals surface area contributed by atoms with Crippen molar-refractivity contribution in [2.45, 2.75) is 16.2 Å². The van der Waals surface area contributed by atoms with E-state index in [1.54, 1.807) is 26.2 Å². The van der Waals surface area contributed by atoms with Crippen LogP contribution in [0, 0.1) is 6.92 Å². The second-order valence-electron chi connectivity index (χ2n) is 6.25. The third kappa shape index (κ3) is 6.17. The third-order valence-electron chi connectivity index (χ3n) is 4.10. The van der Waals surface area contributed by atoms with Gasteiger partial charge in [0.25, 0.3) is 0 Å². The maximum atomic E-state index is 12.3. The van der Waals surface area contributed by atoms with Crippen LogP contribution in [-0.4, -0.2) is 44.4 Å². The van der Waals surface area contributed by atoms with Gasteiger partial charge in [0.05, 0.1) is 17.8 Å². The number of amides is 1. The highest BCUT2D eigenvalue weighted by molar-refractivity contribution is 8.01. The maximum Gasteiger partial charge on any atom is 0.240 e. The van der Waals surface area contributed by atoms with Gasteiger partial charge in [-0.2, -0.15) is 0 Å². The number of carbonyl (C=O) groups is 1. The summed E-state index contributed by atoms with van der Waals surface area (Å²) < 4.78 is 32.2. The smallest absolute Gasteiger partial charge is 0.240 e. The van der Waals surface area contributed by atoms with Crippen LogP contribution in [0.3, 0.4) is 0 Å². The first-order valence-electron chi connectivity index (χ1n) is 9.02. The van der Waals surface area contributed by atoms with Gasteiger partial charge >= 0.3 is 0 Å². The van der Waals surface area contributed by atoms with Crippen LogP contribution in [-0.2, 0) is 14.8 Å². The minimum absolute atomic E-state index is 0.110. The van der Waals surface area contributed by atoms with Crippen LogP contribution in [0.1, 0.15) is 5.56 Å². The molecule has 3 N–H and O–H groups in total. The van der Waals surface area contributed by atoms with Crippen LogP contribution >= 0.6 is 23.1 Å². The number of hydrogen-bond donors (Lipinski definition) is 3. The normalized spacial score (nSPS) is 11.2. The molecule has 0 aliphatic carbocycles. The first-order valence-corrected chi connectivity index (χ1v) is 12.3. The number of nitrogens with zero attached hydrogens (tertiary/aromatic N) is 2. The van der Waals surface area contributed by atoms with Crippen molar-refractivity contribution in [3.63, 3.8) is 0 Å². The van der Waals surface area contributed by atoms with E-state index < -0.39 is 10.0 Å². The summed E-state index contributed by atoms with van der Waals surface area (Å²) in [5, 5.41) is 14.6. The van der Waals surface area contributed by atoms with Crippen molar-refractivity contribution in [2.75, 3.05) is 30.5 Å². The second-order valence-corrected chi connectivity index (χ2v) is 10.3. The molecule has 9 nitrogen and oxygen atoms in total. The summed E-state index contributed by atoms with van der Waals surface area (Å²) in [4.78, 5) is 12.4. The first-order chi connectivity index (χ1) is 14.8. The van der Waals surface area contributed by atoms with Crippen molar-refractivity contribution in [1.82, 2.24) is 14.9 Å². The molecule has 0 spiro atoms. The lowest BCUT2D eigenvalue weighted by molar-refractivity contribution is -0.113. The fraction of sp³-hybridized carbons (Fsp3) is 0.211. The quantitative estimate of drug-likeness (QED) is 0.400. The van der Waals surface area contributed by atoms with Crippen molar-refractivity contribution < 1.29 is 17.9 Å². The molecule has 2 aromatic carbocycles. The van der Waals surface area contributed by atoms with Gasteiger partial charge in [-0.3, -0.25) is 4.79 Å². The molecule has 0 atom stereocenters. The van der Waals surface area contributed by atoms with Crippen molar-refractivity contribution in [1.29, 1.82) is 0 Å². The molecule has 0 aliphatic heterocycles. The minimum Gasteiger partial charge on any atom is -0.497 e. The molecule has 0 aliphatic rings. The van der Waals surface area contributed by atoms with Gasteiger partial charge in [-0.15, -0.1) is 10.2 Å². The second kappa shape index (κ2) is 10.1. The number of anilines is 3. The Bertz CT molecular complexity index is 1160. The number of sulfonamides is 1. The number of nitrogens with one attached hydrogen (secondary N) is 3. The highest BCUT2D eigenvalue weighted by Crippen LogP contribution is 2.28. The number of hydrogen-bond acceptors (Lipinski definition) is 9. The summed E-state index contributed by atoms with van der Waals surface area (Å²) in [5.41, 5.74) is 1.84. The minimum atomic E-state index is -3.61. The Morgan fingerprint density at radius 1 is 1.13 bits per heavy atom. The van der Waals surface area contributed by atoms with E-state index in [-0.39, 0.29) is 16.6 Å². The Kier molecular flexibility index (Phi) is 7.49. The summed E-state index contributed by atoms with van der Waals surface area (Å²) >= 11 is 2.57. The average Bonchev–Trinajstić information content (AvgIpc) is 3.21.